The number of hydrogen-bond acceptors (Lipinski definition) is 5. The van der Waals surface area contributed by atoms with Crippen LogP contribution in [0.5, 0.6) is 5.75 Å². The molecule has 1 aliphatic heterocycles. The second-order valence-electron chi connectivity index (χ2n) is 7.82. The summed E-state index contributed by atoms with van der Waals surface area (Å²) >= 11 is 0. The topological polar surface area (TPSA) is 55.5 Å². The molecule has 5 rings (SSSR count). The molecule has 6 nitrogen and oxygen atoms in total. The van der Waals surface area contributed by atoms with E-state index in [1.54, 1.807) is 7.11 Å². The second kappa shape index (κ2) is 8.24. The molecule has 0 saturated carbocycles. The third-order valence-corrected chi connectivity index (χ3v) is 5.73. The molecular weight excluding hydrogens is 374 g/mol. The highest BCUT2D eigenvalue weighted by Gasteiger charge is 2.25. The number of hydrogen-bond donors (Lipinski definition) is 0. The molecule has 0 spiro atoms. The third kappa shape index (κ3) is 3.91. The van der Waals surface area contributed by atoms with Gasteiger partial charge in [0.15, 0.2) is 11.5 Å². The Labute approximate surface area is 176 Å². The summed E-state index contributed by atoms with van der Waals surface area (Å²) in [6, 6.07) is 18.3. The minimum atomic E-state index is 0.350. The molecule has 0 N–H and O–H groups in total. The monoisotopic (exact) mass is 399 g/mol. The molecule has 0 amide bonds. The fourth-order valence-electron chi connectivity index (χ4n) is 4.18. The van der Waals surface area contributed by atoms with Crippen molar-refractivity contribution in [3.05, 3.63) is 78.5 Å². The predicted molar refractivity (Wildman–Crippen MR) is 116 cm³/mol. The molecule has 0 bridgehead atoms. The second-order valence-corrected chi connectivity index (χ2v) is 7.82. The van der Waals surface area contributed by atoms with Crippen LogP contribution in [0, 0.1) is 0 Å². The lowest BCUT2D eigenvalue weighted by Crippen LogP contribution is -2.34. The van der Waals surface area contributed by atoms with Crippen molar-refractivity contribution in [2.75, 3.05) is 20.2 Å². The Kier molecular flexibility index (Phi) is 5.15. The minimum Gasteiger partial charge on any atom is -0.497 e. The Hall–Kier alpha value is -3.25. The Morgan fingerprint density at radius 1 is 1.07 bits per heavy atom. The third-order valence-electron chi connectivity index (χ3n) is 5.73. The summed E-state index contributed by atoms with van der Waals surface area (Å²) in [4.78, 5) is 11.8. The highest BCUT2D eigenvalue weighted by atomic mass is 16.5. The maximum absolute atomic E-state index is 5.36. The maximum atomic E-state index is 5.36. The first-order valence-electron chi connectivity index (χ1n) is 10.4. The number of piperidine rings is 1. The van der Waals surface area contributed by atoms with Crippen LogP contribution >= 0.6 is 0 Å². The molecule has 4 aromatic rings. The van der Waals surface area contributed by atoms with Gasteiger partial charge in [-0.25, -0.2) is 9.50 Å². The van der Waals surface area contributed by atoms with Crippen LogP contribution in [0.3, 0.4) is 0 Å². The highest BCUT2D eigenvalue weighted by molar-refractivity contribution is 5.65. The van der Waals surface area contributed by atoms with Crippen molar-refractivity contribution in [3.63, 3.8) is 0 Å². The van der Waals surface area contributed by atoms with Crippen molar-refractivity contribution in [2.45, 2.75) is 25.3 Å². The van der Waals surface area contributed by atoms with Gasteiger partial charge in [-0.05, 0) is 61.3 Å². The molecule has 0 unspecified atom stereocenters. The quantitative estimate of drug-likeness (QED) is 0.504. The van der Waals surface area contributed by atoms with Gasteiger partial charge in [0.2, 0.25) is 0 Å². The van der Waals surface area contributed by atoms with Crippen LogP contribution in [-0.4, -0.2) is 44.7 Å². The number of methoxy groups -OCH3 is 1. The van der Waals surface area contributed by atoms with Crippen LogP contribution in [-0.2, 0) is 6.54 Å². The standard InChI is InChI=1S/C24H25N5O/c1-30-22-9-4-6-18(14-22)19-10-11-23-26-24(27-29(23)16-19)20-7-5-13-28(15-20)17-21-8-2-3-12-25-21/h2-4,6,8-12,14,16,20H,5,7,13,15,17H2,1H3/t20-/m1/s1. The Bertz CT molecular complexity index is 1140. The van der Waals surface area contributed by atoms with Crippen LogP contribution in [0.15, 0.2) is 67.0 Å². The van der Waals surface area contributed by atoms with Crippen LogP contribution in [0.2, 0.25) is 0 Å². The maximum Gasteiger partial charge on any atom is 0.156 e. The van der Waals surface area contributed by atoms with Gasteiger partial charge in [-0.15, -0.1) is 0 Å². The number of fused-ring (bicyclic) bond motifs is 1. The van der Waals surface area contributed by atoms with E-state index in [0.29, 0.717) is 5.92 Å². The van der Waals surface area contributed by atoms with E-state index in [4.69, 9.17) is 14.8 Å². The summed E-state index contributed by atoms with van der Waals surface area (Å²) in [7, 11) is 1.69. The number of benzene rings is 1. The molecule has 1 saturated heterocycles. The molecule has 4 heterocycles. The van der Waals surface area contributed by atoms with E-state index in [1.165, 1.54) is 0 Å². The first kappa shape index (κ1) is 18.8. The van der Waals surface area contributed by atoms with Gasteiger partial charge in [0.05, 0.1) is 12.8 Å². The van der Waals surface area contributed by atoms with Crippen LogP contribution in [0.4, 0.5) is 0 Å². The number of aromatic nitrogens is 4. The van der Waals surface area contributed by atoms with Crippen molar-refractivity contribution >= 4 is 5.65 Å². The van der Waals surface area contributed by atoms with E-state index in [2.05, 4.69) is 34.3 Å². The molecule has 0 radical (unpaired) electrons. The van der Waals surface area contributed by atoms with Gasteiger partial charge < -0.3 is 4.74 Å². The molecular formula is C24H25N5O. The normalized spacial score (nSPS) is 17.3. The molecule has 1 fully saturated rings. The van der Waals surface area contributed by atoms with Gasteiger partial charge in [0.1, 0.15) is 5.75 Å². The van der Waals surface area contributed by atoms with Crippen LogP contribution in [0.25, 0.3) is 16.8 Å². The summed E-state index contributed by atoms with van der Waals surface area (Å²) in [5, 5.41) is 4.84. The van der Waals surface area contributed by atoms with Gasteiger partial charge >= 0.3 is 0 Å². The van der Waals surface area contributed by atoms with E-state index in [-0.39, 0.29) is 0 Å². The average Bonchev–Trinajstić information content (AvgIpc) is 3.23. The lowest BCUT2D eigenvalue weighted by Gasteiger charge is -2.31. The number of pyridine rings is 2. The van der Waals surface area contributed by atoms with Crippen molar-refractivity contribution in [2.24, 2.45) is 0 Å². The molecule has 1 aromatic carbocycles. The van der Waals surface area contributed by atoms with E-state index in [9.17, 15) is 0 Å². The zero-order chi connectivity index (χ0) is 20.3. The summed E-state index contributed by atoms with van der Waals surface area (Å²) in [6.07, 6.45) is 6.19. The number of likely N-dealkylation sites (tertiary alicyclic amines) is 1. The summed E-state index contributed by atoms with van der Waals surface area (Å²) < 4.78 is 7.26. The zero-order valence-corrected chi connectivity index (χ0v) is 17.1. The molecule has 3 aromatic heterocycles. The highest BCUT2D eigenvalue weighted by Crippen LogP contribution is 2.27. The molecule has 6 heteroatoms. The van der Waals surface area contributed by atoms with E-state index in [1.807, 2.05) is 47.1 Å². The van der Waals surface area contributed by atoms with Crippen molar-refractivity contribution in [3.8, 4) is 16.9 Å². The average molecular weight is 399 g/mol. The number of rotatable bonds is 5. The van der Waals surface area contributed by atoms with Crippen molar-refractivity contribution in [1.29, 1.82) is 0 Å². The van der Waals surface area contributed by atoms with Gasteiger partial charge in [0.25, 0.3) is 0 Å². The molecule has 152 valence electrons. The van der Waals surface area contributed by atoms with Crippen molar-refractivity contribution < 1.29 is 4.74 Å². The van der Waals surface area contributed by atoms with Crippen LogP contribution < -0.4 is 4.74 Å². The van der Waals surface area contributed by atoms with Gasteiger partial charge in [-0.1, -0.05) is 18.2 Å². The first-order chi connectivity index (χ1) is 14.8. The zero-order valence-electron chi connectivity index (χ0n) is 17.1. The summed E-state index contributed by atoms with van der Waals surface area (Å²) in [5.74, 6) is 2.13. The fourth-order valence-corrected chi connectivity index (χ4v) is 4.18. The van der Waals surface area contributed by atoms with E-state index >= 15 is 0 Å². The smallest absolute Gasteiger partial charge is 0.156 e. The van der Waals surface area contributed by atoms with Gasteiger partial charge in [0, 0.05) is 37.0 Å². The molecule has 30 heavy (non-hydrogen) atoms. The predicted octanol–water partition coefficient (Wildman–Crippen LogP) is 4.18. The minimum absolute atomic E-state index is 0.350. The number of ether oxygens (including phenoxy) is 1. The lowest BCUT2D eigenvalue weighted by atomic mass is 9.97. The summed E-state index contributed by atoms with van der Waals surface area (Å²) in [5.41, 5.74) is 4.20. The van der Waals surface area contributed by atoms with Gasteiger partial charge in [-0.2, -0.15) is 5.10 Å². The Morgan fingerprint density at radius 2 is 2.03 bits per heavy atom. The Balaban J connectivity index is 1.36. The fraction of sp³-hybridized carbons (Fsp3) is 0.292. The SMILES string of the molecule is COc1cccc(-c2ccc3nc([C@@H]4CCCN(Cc5ccccn5)C4)nn3c2)c1. The molecule has 1 atom stereocenters. The van der Waals surface area contributed by atoms with Gasteiger partial charge in [-0.3, -0.25) is 9.88 Å². The first-order valence-corrected chi connectivity index (χ1v) is 10.4. The van der Waals surface area contributed by atoms with Crippen molar-refractivity contribution in [1.82, 2.24) is 24.5 Å². The van der Waals surface area contributed by atoms with Crippen LogP contribution in [0.1, 0.15) is 30.3 Å². The Morgan fingerprint density at radius 3 is 2.90 bits per heavy atom. The number of nitrogens with zero attached hydrogens (tertiary/aromatic N) is 5. The van der Waals surface area contributed by atoms with E-state index < -0.39 is 0 Å². The molecule has 1 aliphatic rings. The largest absolute Gasteiger partial charge is 0.497 e. The molecule has 0 aliphatic carbocycles. The summed E-state index contributed by atoms with van der Waals surface area (Å²) in [6.45, 7) is 2.95. The lowest BCUT2D eigenvalue weighted by molar-refractivity contribution is 0.194. The van der Waals surface area contributed by atoms with E-state index in [0.717, 1.165) is 66.5 Å².